The van der Waals surface area contributed by atoms with Crippen LogP contribution in [0.3, 0.4) is 0 Å². The predicted octanol–water partition coefficient (Wildman–Crippen LogP) is -1.25. The third-order valence-corrected chi connectivity index (χ3v) is 4.92. The van der Waals surface area contributed by atoms with Crippen LogP contribution in [0, 0.1) is 10.1 Å². The van der Waals surface area contributed by atoms with Gasteiger partial charge in [0.1, 0.15) is 23.2 Å². The van der Waals surface area contributed by atoms with Gasteiger partial charge in [-0.15, -0.1) is 0 Å². The molecule has 2 rings (SSSR count). The lowest BCUT2D eigenvalue weighted by atomic mass is 9.99. The van der Waals surface area contributed by atoms with Gasteiger partial charge >= 0.3 is 0 Å². The average molecular weight is 379 g/mol. The summed E-state index contributed by atoms with van der Waals surface area (Å²) in [5.41, 5.74) is -0.464. The lowest BCUT2D eigenvalue weighted by Crippen LogP contribution is -2.60. The van der Waals surface area contributed by atoms with E-state index in [-0.39, 0.29) is 0 Å². The van der Waals surface area contributed by atoms with Crippen molar-refractivity contribution in [3.05, 3.63) is 34.4 Å². The van der Waals surface area contributed by atoms with E-state index in [4.69, 9.17) is 18.8 Å². The number of non-ortho nitro benzene ring substituents is 1. The first kappa shape index (κ1) is 19.7. The summed E-state index contributed by atoms with van der Waals surface area (Å²) in [7, 11) is -3.38. The first-order valence-corrected chi connectivity index (χ1v) is 8.45. The molecule has 140 valence electrons. The van der Waals surface area contributed by atoms with Crippen LogP contribution in [0.4, 0.5) is 5.69 Å². The first-order valence-electron chi connectivity index (χ1n) is 7.04. The van der Waals surface area contributed by atoms with Gasteiger partial charge < -0.3 is 24.8 Å². The van der Waals surface area contributed by atoms with Gasteiger partial charge in [0.25, 0.3) is 15.8 Å². The van der Waals surface area contributed by atoms with Gasteiger partial charge in [-0.2, -0.15) is 8.42 Å². The van der Waals surface area contributed by atoms with Crippen LogP contribution in [0.1, 0.15) is 0 Å². The van der Waals surface area contributed by atoms with Crippen molar-refractivity contribution in [1.82, 2.24) is 0 Å². The van der Waals surface area contributed by atoms with E-state index >= 15 is 0 Å². The Balaban J connectivity index is 2.29. The zero-order valence-electron chi connectivity index (χ0n) is 13.0. The minimum atomic E-state index is -4.54. The second-order valence-electron chi connectivity index (χ2n) is 5.21. The Labute approximate surface area is 142 Å². The molecule has 0 bridgehead atoms. The maximum Gasteiger partial charge on any atom is 0.297 e. The van der Waals surface area contributed by atoms with Gasteiger partial charge in [-0.25, -0.2) is 0 Å². The lowest BCUT2D eigenvalue weighted by Gasteiger charge is -2.40. The minimum absolute atomic E-state index is 0.464. The Hall–Kier alpha value is -1.67. The summed E-state index contributed by atoms with van der Waals surface area (Å²) >= 11 is 0. The lowest BCUT2D eigenvalue weighted by molar-refractivity contribution is -0.385. The van der Waals surface area contributed by atoms with Gasteiger partial charge in [0.05, 0.1) is 11.5 Å². The summed E-state index contributed by atoms with van der Waals surface area (Å²) in [5.74, 6) is 0. The van der Waals surface area contributed by atoms with E-state index in [1.807, 2.05) is 0 Å². The van der Waals surface area contributed by atoms with E-state index in [1.165, 1.54) is 0 Å². The molecule has 0 saturated carbocycles. The topological polar surface area (TPSA) is 166 Å². The second kappa shape index (κ2) is 7.70. The van der Waals surface area contributed by atoms with Crippen LogP contribution >= 0.6 is 0 Å². The molecule has 12 heteroatoms. The van der Waals surface area contributed by atoms with Gasteiger partial charge in [-0.3, -0.25) is 14.3 Å². The third-order valence-electron chi connectivity index (χ3n) is 3.61. The summed E-state index contributed by atoms with van der Waals surface area (Å²) in [6.45, 7) is -0.636. The second-order valence-corrected chi connectivity index (χ2v) is 6.78. The van der Waals surface area contributed by atoms with Crippen LogP contribution in [0.25, 0.3) is 0 Å². The molecule has 0 aliphatic carbocycles. The molecule has 0 aromatic heterocycles. The maximum absolute atomic E-state index is 12.3. The van der Waals surface area contributed by atoms with Crippen LogP contribution in [0.15, 0.2) is 29.2 Å². The number of nitro groups is 1. The Kier molecular flexibility index (Phi) is 6.05. The number of nitro benzene ring substituents is 1. The molecule has 1 aliphatic heterocycles. The molecular formula is C13H17NO10S. The quantitative estimate of drug-likeness (QED) is 0.309. The van der Waals surface area contributed by atoms with Gasteiger partial charge in [0.15, 0.2) is 12.4 Å². The van der Waals surface area contributed by atoms with Crippen LogP contribution in [-0.2, 0) is 23.8 Å². The van der Waals surface area contributed by atoms with Crippen molar-refractivity contribution in [2.45, 2.75) is 35.6 Å². The molecule has 1 heterocycles. The highest BCUT2D eigenvalue weighted by atomic mass is 32.2. The monoisotopic (exact) mass is 379 g/mol. The zero-order valence-corrected chi connectivity index (χ0v) is 13.8. The summed E-state index contributed by atoms with van der Waals surface area (Å²) in [4.78, 5) is 9.48. The first-order chi connectivity index (χ1) is 11.7. The van der Waals surface area contributed by atoms with E-state index in [0.717, 1.165) is 31.4 Å². The molecule has 1 aliphatic rings. The number of hydrogen-bond donors (Lipinski definition) is 3. The van der Waals surface area contributed by atoms with Crippen molar-refractivity contribution in [2.24, 2.45) is 0 Å². The molecule has 1 saturated heterocycles. The number of ether oxygens (including phenoxy) is 2. The van der Waals surface area contributed by atoms with Crippen LogP contribution < -0.4 is 0 Å². The van der Waals surface area contributed by atoms with Crippen LogP contribution in [-0.4, -0.2) is 73.1 Å². The molecule has 0 radical (unpaired) electrons. The summed E-state index contributed by atoms with van der Waals surface area (Å²) in [5, 5.41) is 39.8. The normalized spacial score (nSPS) is 30.2. The van der Waals surface area contributed by atoms with Crippen molar-refractivity contribution < 1.29 is 42.3 Å². The summed E-state index contributed by atoms with van der Waals surface area (Å²) < 4.78 is 39.6. The average Bonchev–Trinajstić information content (AvgIpc) is 2.59. The smallest absolute Gasteiger partial charge is 0.297 e. The number of methoxy groups -OCH3 is 1. The fraction of sp³-hybridized carbons (Fsp3) is 0.538. The number of aliphatic hydroxyl groups is 3. The molecule has 0 amide bonds. The standard InChI is InChI=1S/C13H17NO10S/c1-22-13-12(11(17)10(16)9(6-15)23-13)24-25(20,21)8-4-2-3-7(5-8)14(18)19/h2-5,9-13,15-17H,6H2,1H3/t9-,10-,11+,12-,13+/m1/s1. The zero-order chi connectivity index (χ0) is 18.8. The summed E-state index contributed by atoms with van der Waals surface area (Å²) in [6.07, 6.45) is -7.61. The van der Waals surface area contributed by atoms with Crippen molar-refractivity contribution in [2.75, 3.05) is 13.7 Å². The molecule has 3 N–H and O–H groups in total. The number of benzene rings is 1. The Morgan fingerprint density at radius 2 is 2.00 bits per heavy atom. The molecule has 1 aromatic carbocycles. The number of rotatable bonds is 6. The van der Waals surface area contributed by atoms with E-state index < -0.39 is 62.9 Å². The van der Waals surface area contributed by atoms with Gasteiger partial charge in [0, 0.05) is 19.2 Å². The number of hydrogen-bond acceptors (Lipinski definition) is 10. The van der Waals surface area contributed by atoms with Crippen molar-refractivity contribution in [3.8, 4) is 0 Å². The molecule has 0 spiro atoms. The maximum atomic E-state index is 12.3. The van der Waals surface area contributed by atoms with Gasteiger partial charge in [-0.05, 0) is 6.07 Å². The Morgan fingerprint density at radius 1 is 1.32 bits per heavy atom. The van der Waals surface area contributed by atoms with Crippen LogP contribution in [0.5, 0.6) is 0 Å². The molecule has 1 fully saturated rings. The van der Waals surface area contributed by atoms with E-state index in [0.29, 0.717) is 0 Å². The van der Waals surface area contributed by atoms with Crippen molar-refractivity contribution in [3.63, 3.8) is 0 Å². The molecule has 5 atom stereocenters. The fourth-order valence-electron chi connectivity index (χ4n) is 2.30. The molecule has 25 heavy (non-hydrogen) atoms. The van der Waals surface area contributed by atoms with Gasteiger partial charge in [-0.1, -0.05) is 6.07 Å². The third kappa shape index (κ3) is 4.12. The van der Waals surface area contributed by atoms with Crippen molar-refractivity contribution >= 4 is 15.8 Å². The summed E-state index contributed by atoms with van der Waals surface area (Å²) in [6, 6.07) is 4.13. The molecule has 0 unspecified atom stereocenters. The Morgan fingerprint density at radius 3 is 2.56 bits per heavy atom. The van der Waals surface area contributed by atoms with Crippen LogP contribution in [0.2, 0.25) is 0 Å². The SMILES string of the molecule is CO[C@H]1O[C@H](CO)[C@@H](O)[C@H](O)[C@H]1OS(=O)(=O)c1cccc([N+](=O)[O-])c1. The van der Waals surface area contributed by atoms with E-state index in [2.05, 4.69) is 0 Å². The van der Waals surface area contributed by atoms with E-state index in [1.54, 1.807) is 0 Å². The molecule has 11 nitrogen and oxygen atoms in total. The Bertz CT molecular complexity index is 721. The minimum Gasteiger partial charge on any atom is -0.394 e. The number of aliphatic hydroxyl groups excluding tert-OH is 3. The highest BCUT2D eigenvalue weighted by Gasteiger charge is 2.47. The predicted molar refractivity (Wildman–Crippen MR) is 79.9 cm³/mol. The fourth-order valence-corrected chi connectivity index (χ4v) is 3.42. The molecule has 1 aromatic rings. The highest BCUT2D eigenvalue weighted by Crippen LogP contribution is 2.28. The molecular weight excluding hydrogens is 362 g/mol. The van der Waals surface area contributed by atoms with Gasteiger partial charge in [0.2, 0.25) is 0 Å². The highest BCUT2D eigenvalue weighted by molar-refractivity contribution is 7.86. The van der Waals surface area contributed by atoms with Crippen molar-refractivity contribution in [1.29, 1.82) is 0 Å². The largest absolute Gasteiger partial charge is 0.394 e. The number of nitrogens with zero attached hydrogens (tertiary/aromatic N) is 1. The van der Waals surface area contributed by atoms with E-state index in [9.17, 15) is 28.7 Å².